The maximum absolute atomic E-state index is 6.66. The molecule has 1 aliphatic heterocycles. The first-order valence-corrected chi connectivity index (χ1v) is 22.2. The minimum Gasteiger partial charge on any atom is -0.457 e. The minimum absolute atomic E-state index is 0.158. The number of para-hydroxylation sites is 3. The zero-order valence-corrected chi connectivity index (χ0v) is 34.9. The van der Waals surface area contributed by atoms with E-state index in [2.05, 4.69) is 207 Å². The summed E-state index contributed by atoms with van der Waals surface area (Å²) in [5.41, 5.74) is 17.2. The summed E-state index contributed by atoms with van der Waals surface area (Å²) >= 11 is 1.88. The van der Waals surface area contributed by atoms with E-state index < -0.39 is 5.41 Å². The summed E-state index contributed by atoms with van der Waals surface area (Å²) in [5, 5.41) is 4.71. The number of anilines is 3. The lowest BCUT2D eigenvalue weighted by molar-refractivity contribution is 0.436. The second-order valence-corrected chi connectivity index (χ2v) is 18.6. The van der Waals surface area contributed by atoms with Crippen LogP contribution in [-0.2, 0) is 10.8 Å². The summed E-state index contributed by atoms with van der Waals surface area (Å²) in [5.74, 6) is 1.81. The van der Waals surface area contributed by atoms with Crippen molar-refractivity contribution in [1.29, 1.82) is 0 Å². The number of rotatable bonds is 3. The quantitative estimate of drug-likeness (QED) is 0.178. The lowest BCUT2D eigenvalue weighted by Gasteiger charge is -2.39. The van der Waals surface area contributed by atoms with E-state index in [9.17, 15) is 0 Å². The van der Waals surface area contributed by atoms with Crippen molar-refractivity contribution in [2.45, 2.75) is 24.7 Å². The number of furan rings is 1. The van der Waals surface area contributed by atoms with Gasteiger partial charge in [0.15, 0.2) is 0 Å². The lowest BCUT2D eigenvalue weighted by atomic mass is 9.66. The van der Waals surface area contributed by atoms with Gasteiger partial charge < -0.3 is 14.1 Å². The molecule has 0 radical (unpaired) electrons. The zero-order chi connectivity index (χ0) is 40.9. The molecule has 11 aromatic rings. The number of benzene rings is 9. The third-order valence-corrected chi connectivity index (χ3v) is 15.2. The standard InChI is InChI=1S/C58H37NO2S/c1-57(2)41-18-6-3-15-35(41)37-30-29-34(31-45(37)57)59(47-22-13-27-52-55(47)38-17-5-10-24-49(38)60-52)48-23-14-28-53-56(48)40-32-39-36-16-4-7-19-42(36)58(46(39)33-54(40)62-53)43-20-8-11-25-50(43)61-51-26-12-9-21-44(51)58/h3-33H,1-2H3. The number of fused-ring (bicyclic) bond motifs is 18. The number of ether oxygens (including phenoxy) is 1. The van der Waals surface area contributed by atoms with E-state index in [0.29, 0.717) is 0 Å². The highest BCUT2D eigenvalue weighted by Crippen LogP contribution is 2.63. The van der Waals surface area contributed by atoms with Crippen LogP contribution in [-0.4, -0.2) is 0 Å². The van der Waals surface area contributed by atoms with E-state index >= 15 is 0 Å². The van der Waals surface area contributed by atoms with Crippen molar-refractivity contribution < 1.29 is 9.15 Å². The Labute approximate surface area is 362 Å². The van der Waals surface area contributed by atoms with Gasteiger partial charge in [-0.25, -0.2) is 0 Å². The highest BCUT2D eigenvalue weighted by atomic mass is 32.1. The molecule has 0 unspecified atom stereocenters. The van der Waals surface area contributed by atoms with Crippen molar-refractivity contribution in [3.05, 3.63) is 221 Å². The average molecular weight is 812 g/mol. The second kappa shape index (κ2) is 12.1. The molecule has 0 fully saturated rings. The summed E-state index contributed by atoms with van der Waals surface area (Å²) in [4.78, 5) is 2.51. The molecule has 0 saturated heterocycles. The molecule has 0 amide bonds. The molecule has 3 heterocycles. The molecule has 14 rings (SSSR count). The number of thiophene rings is 1. The Morgan fingerprint density at radius 2 is 1.03 bits per heavy atom. The van der Waals surface area contributed by atoms with E-state index in [-0.39, 0.29) is 5.41 Å². The van der Waals surface area contributed by atoms with Crippen molar-refractivity contribution in [3.63, 3.8) is 0 Å². The lowest BCUT2D eigenvalue weighted by Crippen LogP contribution is -2.32. The molecule has 4 heteroatoms. The summed E-state index contributed by atoms with van der Waals surface area (Å²) in [7, 11) is 0. The maximum Gasteiger partial charge on any atom is 0.137 e. The second-order valence-electron chi connectivity index (χ2n) is 17.5. The van der Waals surface area contributed by atoms with Gasteiger partial charge in [0.25, 0.3) is 0 Å². The van der Waals surface area contributed by atoms with Gasteiger partial charge >= 0.3 is 0 Å². The summed E-state index contributed by atoms with van der Waals surface area (Å²) in [6, 6.07) is 69.0. The molecule has 2 aliphatic carbocycles. The SMILES string of the molecule is CC1(C)c2ccccc2-c2ccc(N(c3cccc4oc5ccccc5c34)c3cccc4sc5cc6c(cc5c34)-c3ccccc3C63c4ccccc4Oc4ccccc43)cc21. The van der Waals surface area contributed by atoms with E-state index in [1.54, 1.807) is 0 Å². The summed E-state index contributed by atoms with van der Waals surface area (Å²) < 4.78 is 15.7. The highest BCUT2D eigenvalue weighted by molar-refractivity contribution is 7.26. The van der Waals surface area contributed by atoms with E-state index in [0.717, 1.165) is 50.5 Å². The van der Waals surface area contributed by atoms with Crippen LogP contribution in [0.1, 0.15) is 47.2 Å². The van der Waals surface area contributed by atoms with Crippen LogP contribution in [0.5, 0.6) is 11.5 Å². The van der Waals surface area contributed by atoms with Gasteiger partial charge in [0.1, 0.15) is 22.7 Å². The fourth-order valence-electron chi connectivity index (χ4n) is 11.5. The first kappa shape index (κ1) is 34.3. The normalized spacial score (nSPS) is 14.7. The first-order valence-electron chi connectivity index (χ1n) is 21.4. The van der Waals surface area contributed by atoms with Crippen LogP contribution in [0.2, 0.25) is 0 Å². The highest BCUT2D eigenvalue weighted by Gasteiger charge is 2.51. The van der Waals surface area contributed by atoms with Crippen molar-refractivity contribution >= 4 is 70.5 Å². The Morgan fingerprint density at radius 1 is 0.419 bits per heavy atom. The van der Waals surface area contributed by atoms with Crippen LogP contribution in [0, 0.1) is 0 Å². The molecule has 9 aromatic carbocycles. The van der Waals surface area contributed by atoms with Gasteiger partial charge in [-0.2, -0.15) is 0 Å². The van der Waals surface area contributed by atoms with Crippen molar-refractivity contribution in [3.8, 4) is 33.8 Å². The van der Waals surface area contributed by atoms with Gasteiger partial charge in [0, 0.05) is 47.8 Å². The van der Waals surface area contributed by atoms with Crippen molar-refractivity contribution in [2.24, 2.45) is 0 Å². The third kappa shape index (κ3) is 4.29. The summed E-state index contributed by atoms with van der Waals surface area (Å²) in [6.07, 6.45) is 0. The Kier molecular flexibility index (Phi) is 6.71. The molecule has 3 aliphatic rings. The van der Waals surface area contributed by atoms with Crippen LogP contribution in [0.25, 0.3) is 64.4 Å². The predicted octanol–water partition coefficient (Wildman–Crippen LogP) is 16.2. The fourth-order valence-corrected chi connectivity index (χ4v) is 12.7. The average Bonchev–Trinajstić information content (AvgIpc) is 4.02. The van der Waals surface area contributed by atoms with E-state index in [4.69, 9.17) is 9.15 Å². The van der Waals surface area contributed by atoms with Gasteiger partial charge in [-0.05, 0) is 111 Å². The van der Waals surface area contributed by atoms with Crippen molar-refractivity contribution in [2.75, 3.05) is 4.90 Å². The van der Waals surface area contributed by atoms with Gasteiger partial charge in [-0.15, -0.1) is 11.3 Å². The van der Waals surface area contributed by atoms with Crippen LogP contribution in [0.3, 0.4) is 0 Å². The third-order valence-electron chi connectivity index (χ3n) is 14.1. The Morgan fingerprint density at radius 3 is 1.82 bits per heavy atom. The molecular formula is C58H37NO2S. The van der Waals surface area contributed by atoms with E-state index in [1.165, 1.54) is 75.8 Å². The van der Waals surface area contributed by atoms with Gasteiger partial charge in [0.2, 0.25) is 0 Å². The maximum atomic E-state index is 6.66. The Hall–Kier alpha value is -7.40. The molecule has 2 aromatic heterocycles. The largest absolute Gasteiger partial charge is 0.457 e. The molecule has 0 N–H and O–H groups in total. The molecule has 3 nitrogen and oxygen atoms in total. The predicted molar refractivity (Wildman–Crippen MR) is 256 cm³/mol. The zero-order valence-electron chi connectivity index (χ0n) is 34.1. The first-order chi connectivity index (χ1) is 30.5. The molecule has 62 heavy (non-hydrogen) atoms. The number of nitrogens with zero attached hydrogens (tertiary/aromatic N) is 1. The van der Waals surface area contributed by atoms with Crippen molar-refractivity contribution in [1.82, 2.24) is 0 Å². The number of hydrogen-bond acceptors (Lipinski definition) is 4. The minimum atomic E-state index is -0.524. The summed E-state index contributed by atoms with van der Waals surface area (Å²) in [6.45, 7) is 4.73. The van der Waals surface area contributed by atoms with Crippen LogP contribution in [0.4, 0.5) is 17.1 Å². The smallest absolute Gasteiger partial charge is 0.137 e. The topological polar surface area (TPSA) is 25.6 Å². The Balaban J connectivity index is 1.07. The molecule has 0 bridgehead atoms. The molecule has 292 valence electrons. The molecule has 0 atom stereocenters. The van der Waals surface area contributed by atoms with Gasteiger partial charge in [-0.1, -0.05) is 135 Å². The molecule has 1 spiro atoms. The van der Waals surface area contributed by atoms with Gasteiger partial charge in [0.05, 0.1) is 22.2 Å². The number of hydrogen-bond donors (Lipinski definition) is 0. The van der Waals surface area contributed by atoms with Gasteiger partial charge in [-0.3, -0.25) is 0 Å². The van der Waals surface area contributed by atoms with E-state index in [1.807, 2.05) is 11.3 Å². The van der Waals surface area contributed by atoms with Crippen LogP contribution in [0.15, 0.2) is 192 Å². The monoisotopic (exact) mass is 811 g/mol. The fraction of sp³-hybridized carbons (Fsp3) is 0.0690. The van der Waals surface area contributed by atoms with Crippen LogP contribution >= 0.6 is 11.3 Å². The Bertz CT molecular complexity index is 3690. The van der Waals surface area contributed by atoms with Crippen LogP contribution < -0.4 is 9.64 Å². The molecule has 0 saturated carbocycles. The molecular weight excluding hydrogens is 775 g/mol.